The number of oxazole rings is 1. The number of hydrogen-bond acceptors (Lipinski definition) is 3. The number of nitrogens with zero attached hydrogens (tertiary/aromatic N) is 1. The number of benzene rings is 2. The van der Waals surface area contributed by atoms with E-state index in [1.54, 1.807) is 12.1 Å². The van der Waals surface area contributed by atoms with Crippen LogP contribution in [-0.4, -0.2) is 4.98 Å². The molecule has 20 heavy (non-hydrogen) atoms. The maximum absolute atomic E-state index is 6.04. The van der Waals surface area contributed by atoms with Crippen molar-refractivity contribution in [1.82, 2.24) is 4.98 Å². The van der Waals surface area contributed by atoms with Crippen LogP contribution in [0.2, 0.25) is 5.02 Å². The van der Waals surface area contributed by atoms with E-state index in [1.165, 1.54) is 5.56 Å². The van der Waals surface area contributed by atoms with Crippen molar-refractivity contribution in [2.75, 3.05) is 5.73 Å². The summed E-state index contributed by atoms with van der Waals surface area (Å²) in [6.45, 7) is 0. The molecule has 1 heterocycles. The van der Waals surface area contributed by atoms with Crippen LogP contribution in [0.1, 0.15) is 24.3 Å². The van der Waals surface area contributed by atoms with Crippen LogP contribution >= 0.6 is 11.6 Å². The number of aromatic nitrogens is 1. The lowest BCUT2D eigenvalue weighted by atomic mass is 9.96. The zero-order valence-corrected chi connectivity index (χ0v) is 11.5. The molecular weight excluding hydrogens is 272 g/mol. The van der Waals surface area contributed by atoms with E-state index in [0.29, 0.717) is 16.3 Å². The number of hydrogen-bond donors (Lipinski definition) is 1. The molecule has 0 atom stereocenters. The fraction of sp³-hybridized carbons (Fsp3) is 0.188. The molecule has 1 saturated carbocycles. The first-order valence-electron chi connectivity index (χ1n) is 6.61. The molecule has 0 aliphatic heterocycles. The topological polar surface area (TPSA) is 52.0 Å². The number of anilines is 1. The Balaban J connectivity index is 1.87. The highest BCUT2D eigenvalue weighted by Crippen LogP contribution is 2.53. The molecule has 1 aliphatic rings. The summed E-state index contributed by atoms with van der Waals surface area (Å²) >= 11 is 6.04. The van der Waals surface area contributed by atoms with Gasteiger partial charge in [0.1, 0.15) is 5.52 Å². The average molecular weight is 285 g/mol. The normalized spacial score (nSPS) is 16.4. The van der Waals surface area contributed by atoms with Gasteiger partial charge in [-0.2, -0.15) is 0 Å². The summed E-state index contributed by atoms with van der Waals surface area (Å²) in [5, 5.41) is 0.516. The highest BCUT2D eigenvalue weighted by atomic mass is 35.5. The molecule has 0 unspecified atom stereocenters. The summed E-state index contributed by atoms with van der Waals surface area (Å²) in [6, 6.07) is 13.9. The fourth-order valence-electron chi connectivity index (χ4n) is 2.68. The zero-order chi connectivity index (χ0) is 13.7. The van der Waals surface area contributed by atoms with Crippen molar-refractivity contribution in [2.45, 2.75) is 18.3 Å². The summed E-state index contributed by atoms with van der Waals surface area (Å²) in [5.74, 6) is 0.764. The van der Waals surface area contributed by atoms with E-state index in [0.717, 1.165) is 24.2 Å². The number of rotatable bonds is 2. The van der Waals surface area contributed by atoms with Crippen LogP contribution in [0.5, 0.6) is 0 Å². The third-order valence-corrected chi connectivity index (χ3v) is 4.32. The highest BCUT2D eigenvalue weighted by molar-refractivity contribution is 6.33. The van der Waals surface area contributed by atoms with Gasteiger partial charge in [0.25, 0.3) is 0 Å². The lowest BCUT2D eigenvalue weighted by Crippen LogP contribution is -2.08. The highest BCUT2D eigenvalue weighted by Gasteiger charge is 2.50. The molecule has 3 aromatic rings. The smallest absolute Gasteiger partial charge is 0.206 e. The Morgan fingerprint density at radius 3 is 2.60 bits per heavy atom. The van der Waals surface area contributed by atoms with E-state index in [2.05, 4.69) is 17.1 Å². The maximum atomic E-state index is 6.04. The van der Waals surface area contributed by atoms with Gasteiger partial charge in [0, 0.05) is 6.07 Å². The molecule has 0 radical (unpaired) electrons. The minimum atomic E-state index is -0.0679. The molecule has 1 aromatic heterocycles. The molecule has 1 fully saturated rings. The van der Waals surface area contributed by atoms with Gasteiger partial charge in [-0.05, 0) is 24.5 Å². The van der Waals surface area contributed by atoms with Crippen molar-refractivity contribution in [2.24, 2.45) is 0 Å². The molecule has 100 valence electrons. The molecule has 2 N–H and O–H groups in total. The molecule has 0 amide bonds. The quantitative estimate of drug-likeness (QED) is 0.720. The largest absolute Gasteiger partial charge is 0.440 e. The van der Waals surface area contributed by atoms with Crippen LogP contribution in [0, 0.1) is 0 Å². The first-order valence-corrected chi connectivity index (χ1v) is 6.98. The third-order valence-electron chi connectivity index (χ3n) is 3.99. The molecule has 4 heteroatoms. The number of fused-ring (bicyclic) bond motifs is 1. The molecule has 2 aromatic carbocycles. The molecule has 1 aliphatic carbocycles. The van der Waals surface area contributed by atoms with E-state index in [1.807, 2.05) is 18.2 Å². The van der Waals surface area contributed by atoms with E-state index >= 15 is 0 Å². The minimum Gasteiger partial charge on any atom is -0.440 e. The van der Waals surface area contributed by atoms with Gasteiger partial charge in [0.05, 0.1) is 16.1 Å². The molecule has 0 bridgehead atoms. The van der Waals surface area contributed by atoms with Crippen molar-refractivity contribution in [3.63, 3.8) is 0 Å². The first-order chi connectivity index (χ1) is 9.69. The lowest BCUT2D eigenvalue weighted by Gasteiger charge is -2.10. The Hall–Kier alpha value is -2.00. The van der Waals surface area contributed by atoms with Gasteiger partial charge >= 0.3 is 0 Å². The number of halogens is 1. The van der Waals surface area contributed by atoms with E-state index in [9.17, 15) is 0 Å². The van der Waals surface area contributed by atoms with E-state index < -0.39 is 0 Å². The second-order valence-electron chi connectivity index (χ2n) is 5.31. The summed E-state index contributed by atoms with van der Waals surface area (Å²) in [7, 11) is 0. The van der Waals surface area contributed by atoms with Gasteiger partial charge in [0.2, 0.25) is 5.89 Å². The Morgan fingerprint density at radius 1 is 1.15 bits per heavy atom. The summed E-state index contributed by atoms with van der Waals surface area (Å²) < 4.78 is 5.94. The fourth-order valence-corrected chi connectivity index (χ4v) is 2.83. The van der Waals surface area contributed by atoms with Crippen LogP contribution < -0.4 is 5.73 Å². The van der Waals surface area contributed by atoms with Crippen LogP contribution in [0.25, 0.3) is 11.1 Å². The third kappa shape index (κ3) is 1.63. The second-order valence-corrected chi connectivity index (χ2v) is 5.72. The van der Waals surface area contributed by atoms with Gasteiger partial charge in [-0.25, -0.2) is 4.98 Å². The van der Waals surface area contributed by atoms with Gasteiger partial charge in [0.15, 0.2) is 5.58 Å². The van der Waals surface area contributed by atoms with Crippen molar-refractivity contribution in [1.29, 1.82) is 0 Å². The Kier molecular flexibility index (Phi) is 2.36. The predicted molar refractivity (Wildman–Crippen MR) is 79.9 cm³/mol. The molecule has 0 saturated heterocycles. The van der Waals surface area contributed by atoms with Crippen molar-refractivity contribution < 1.29 is 4.42 Å². The van der Waals surface area contributed by atoms with Crippen LogP contribution in [0.3, 0.4) is 0 Å². The van der Waals surface area contributed by atoms with Crippen molar-refractivity contribution in [3.8, 4) is 0 Å². The lowest BCUT2D eigenvalue weighted by molar-refractivity contribution is 0.492. The summed E-state index contributed by atoms with van der Waals surface area (Å²) in [4.78, 5) is 4.62. The van der Waals surface area contributed by atoms with Crippen LogP contribution in [0.15, 0.2) is 46.9 Å². The average Bonchev–Trinajstić information content (AvgIpc) is 3.18. The van der Waals surface area contributed by atoms with Gasteiger partial charge in [-0.3, -0.25) is 0 Å². The van der Waals surface area contributed by atoms with Crippen LogP contribution in [-0.2, 0) is 5.41 Å². The number of nitrogen functional groups attached to an aromatic ring is 1. The molecule has 3 nitrogen and oxygen atoms in total. The standard InChI is InChI=1S/C16H13ClN2O/c17-11-8-13-14(9-12(11)18)20-15(19-13)16(6-7-16)10-4-2-1-3-5-10/h1-5,8-9H,6-7,18H2. The van der Waals surface area contributed by atoms with Gasteiger partial charge in [-0.15, -0.1) is 0 Å². The summed E-state index contributed by atoms with van der Waals surface area (Å²) in [5.41, 5.74) is 8.98. The summed E-state index contributed by atoms with van der Waals surface area (Å²) in [6.07, 6.45) is 2.13. The maximum Gasteiger partial charge on any atom is 0.206 e. The zero-order valence-electron chi connectivity index (χ0n) is 10.8. The molecule has 0 spiro atoms. The molecule has 4 rings (SSSR count). The van der Waals surface area contributed by atoms with Gasteiger partial charge < -0.3 is 10.2 Å². The van der Waals surface area contributed by atoms with E-state index in [4.69, 9.17) is 21.8 Å². The van der Waals surface area contributed by atoms with Crippen LogP contribution in [0.4, 0.5) is 5.69 Å². The monoisotopic (exact) mass is 284 g/mol. The second kappa shape index (κ2) is 4.00. The van der Waals surface area contributed by atoms with Gasteiger partial charge in [-0.1, -0.05) is 41.9 Å². The predicted octanol–water partition coefficient (Wildman–Crippen LogP) is 4.14. The Bertz CT molecular complexity index is 752. The SMILES string of the molecule is Nc1cc2oc(C3(c4ccccc4)CC3)nc2cc1Cl. The number of nitrogens with two attached hydrogens (primary N) is 1. The van der Waals surface area contributed by atoms with Crippen molar-refractivity contribution >= 4 is 28.4 Å². The Labute approximate surface area is 121 Å². The van der Waals surface area contributed by atoms with E-state index in [-0.39, 0.29) is 5.41 Å². The minimum absolute atomic E-state index is 0.0679. The van der Waals surface area contributed by atoms with Crippen molar-refractivity contribution in [3.05, 3.63) is 58.9 Å². The Morgan fingerprint density at radius 2 is 1.90 bits per heavy atom. The first kappa shape index (κ1) is 11.8. The molecular formula is C16H13ClN2O.